The van der Waals surface area contributed by atoms with E-state index >= 15 is 0 Å². The predicted molar refractivity (Wildman–Crippen MR) is 84.5 cm³/mol. The third kappa shape index (κ3) is 3.10. The largest absolute Gasteiger partial charge is 0.368 e. The highest BCUT2D eigenvalue weighted by Gasteiger charge is 2.18. The number of aryl methyl sites for hydroxylation is 1. The first-order valence-electron chi connectivity index (χ1n) is 7.61. The van der Waals surface area contributed by atoms with E-state index in [0.29, 0.717) is 17.8 Å². The van der Waals surface area contributed by atoms with Crippen molar-refractivity contribution in [3.05, 3.63) is 6.33 Å². The van der Waals surface area contributed by atoms with Gasteiger partial charge in [-0.05, 0) is 12.8 Å². The van der Waals surface area contributed by atoms with Gasteiger partial charge in [-0.25, -0.2) is 4.98 Å². The molecule has 1 amide bonds. The minimum absolute atomic E-state index is 0.00618. The number of hydrogen-bond acceptors (Lipinski definition) is 6. The molecule has 0 radical (unpaired) electrons. The molecule has 1 saturated carbocycles. The number of imidazole rings is 1. The Morgan fingerprint density at radius 2 is 2.14 bits per heavy atom. The molecule has 8 heteroatoms. The van der Waals surface area contributed by atoms with Crippen LogP contribution in [0.1, 0.15) is 32.1 Å². The van der Waals surface area contributed by atoms with Crippen molar-refractivity contribution in [2.45, 2.75) is 38.1 Å². The molecule has 2 heterocycles. The number of nitrogens with two attached hydrogens (primary N) is 1. The highest BCUT2D eigenvalue weighted by Crippen LogP contribution is 2.25. The number of hydrogen-bond donors (Lipinski definition) is 3. The van der Waals surface area contributed by atoms with E-state index in [-0.39, 0.29) is 6.54 Å². The maximum atomic E-state index is 10.9. The number of carbonyl (C=O) groups excluding carboxylic acids is 1. The van der Waals surface area contributed by atoms with E-state index in [1.165, 1.54) is 19.3 Å². The van der Waals surface area contributed by atoms with Crippen LogP contribution in [0.3, 0.4) is 0 Å². The lowest BCUT2D eigenvalue weighted by molar-refractivity contribution is -0.116. The molecule has 3 rings (SSSR count). The van der Waals surface area contributed by atoms with Crippen LogP contribution in [-0.2, 0) is 11.8 Å². The van der Waals surface area contributed by atoms with E-state index < -0.39 is 5.91 Å². The average molecular weight is 303 g/mol. The van der Waals surface area contributed by atoms with E-state index in [2.05, 4.69) is 25.6 Å². The molecule has 0 bridgehead atoms. The Hall–Kier alpha value is -2.38. The zero-order valence-corrected chi connectivity index (χ0v) is 12.7. The Bertz CT molecular complexity index is 675. The number of aromatic nitrogens is 4. The van der Waals surface area contributed by atoms with Crippen molar-refractivity contribution in [2.75, 3.05) is 17.2 Å². The summed E-state index contributed by atoms with van der Waals surface area (Å²) in [6.45, 7) is 0.00618. The lowest BCUT2D eigenvalue weighted by Gasteiger charge is -2.23. The summed E-state index contributed by atoms with van der Waals surface area (Å²) in [4.78, 5) is 24.2. The van der Waals surface area contributed by atoms with Gasteiger partial charge in [0.1, 0.15) is 0 Å². The normalized spacial score (nSPS) is 15.9. The highest BCUT2D eigenvalue weighted by molar-refractivity contribution is 5.85. The Morgan fingerprint density at radius 1 is 1.36 bits per heavy atom. The predicted octanol–water partition coefficient (Wildman–Crippen LogP) is 1.01. The van der Waals surface area contributed by atoms with Gasteiger partial charge in [-0.15, -0.1) is 0 Å². The number of anilines is 2. The fraction of sp³-hybridized carbons (Fsp3) is 0.571. The van der Waals surface area contributed by atoms with Crippen molar-refractivity contribution in [2.24, 2.45) is 12.8 Å². The highest BCUT2D eigenvalue weighted by atomic mass is 16.1. The molecule has 0 spiro atoms. The van der Waals surface area contributed by atoms with Crippen LogP contribution in [0.2, 0.25) is 0 Å². The molecule has 2 aromatic heterocycles. The maximum Gasteiger partial charge on any atom is 0.236 e. The number of nitrogens with zero attached hydrogens (tertiary/aromatic N) is 4. The molecule has 0 aliphatic heterocycles. The molecule has 1 aliphatic carbocycles. The second kappa shape index (κ2) is 6.17. The van der Waals surface area contributed by atoms with Crippen LogP contribution in [0, 0.1) is 0 Å². The number of fused-ring (bicyclic) bond motifs is 1. The van der Waals surface area contributed by atoms with Crippen LogP contribution in [-0.4, -0.2) is 38.0 Å². The molecule has 0 aromatic carbocycles. The molecule has 8 nitrogen and oxygen atoms in total. The first-order valence-corrected chi connectivity index (χ1v) is 7.61. The van der Waals surface area contributed by atoms with Crippen LogP contribution in [0.4, 0.5) is 11.8 Å². The van der Waals surface area contributed by atoms with E-state index in [0.717, 1.165) is 24.0 Å². The standard InChI is InChI=1S/C14H21N7O/c1-21-8-17-11-12(18-9-5-3-2-4-6-9)19-14(20-13(11)21)16-7-10(15)22/h8-9H,2-7H2,1H3,(H2,15,22)(H2,16,18,19,20). The lowest BCUT2D eigenvalue weighted by Crippen LogP contribution is -2.25. The fourth-order valence-electron chi connectivity index (χ4n) is 2.79. The Kier molecular flexibility index (Phi) is 4.08. The molecule has 4 N–H and O–H groups in total. The molecular formula is C14H21N7O. The van der Waals surface area contributed by atoms with Crippen molar-refractivity contribution in [1.82, 2.24) is 19.5 Å². The second-order valence-corrected chi connectivity index (χ2v) is 5.72. The minimum Gasteiger partial charge on any atom is -0.368 e. The third-order valence-corrected chi connectivity index (χ3v) is 3.93. The van der Waals surface area contributed by atoms with Gasteiger partial charge in [0.25, 0.3) is 0 Å². The Balaban J connectivity index is 1.89. The van der Waals surface area contributed by atoms with Gasteiger partial charge in [-0.1, -0.05) is 19.3 Å². The molecular weight excluding hydrogens is 282 g/mol. The summed E-state index contributed by atoms with van der Waals surface area (Å²) in [5, 5.41) is 6.34. The first-order chi connectivity index (χ1) is 10.6. The van der Waals surface area contributed by atoms with Gasteiger partial charge in [0.15, 0.2) is 17.0 Å². The van der Waals surface area contributed by atoms with Gasteiger partial charge in [-0.2, -0.15) is 9.97 Å². The molecule has 22 heavy (non-hydrogen) atoms. The third-order valence-electron chi connectivity index (χ3n) is 3.93. The molecule has 1 fully saturated rings. The topological polar surface area (TPSA) is 111 Å². The van der Waals surface area contributed by atoms with Gasteiger partial charge >= 0.3 is 0 Å². The van der Waals surface area contributed by atoms with Crippen molar-refractivity contribution in [3.8, 4) is 0 Å². The van der Waals surface area contributed by atoms with Crippen LogP contribution < -0.4 is 16.4 Å². The fourth-order valence-corrected chi connectivity index (χ4v) is 2.79. The molecule has 0 saturated heterocycles. The van der Waals surface area contributed by atoms with Crippen molar-refractivity contribution in [3.63, 3.8) is 0 Å². The monoisotopic (exact) mass is 303 g/mol. The summed E-state index contributed by atoms with van der Waals surface area (Å²) in [6.07, 6.45) is 7.77. The van der Waals surface area contributed by atoms with Crippen LogP contribution in [0.5, 0.6) is 0 Å². The summed E-state index contributed by atoms with van der Waals surface area (Å²) < 4.78 is 1.83. The van der Waals surface area contributed by atoms with Gasteiger partial charge in [-0.3, -0.25) is 4.79 Å². The lowest BCUT2D eigenvalue weighted by atomic mass is 9.95. The van der Waals surface area contributed by atoms with E-state index in [9.17, 15) is 4.79 Å². The summed E-state index contributed by atoms with van der Waals surface area (Å²) >= 11 is 0. The molecule has 0 atom stereocenters. The Morgan fingerprint density at radius 3 is 2.86 bits per heavy atom. The van der Waals surface area contributed by atoms with Crippen LogP contribution in [0.15, 0.2) is 6.33 Å². The summed E-state index contributed by atoms with van der Waals surface area (Å²) in [7, 11) is 1.88. The quantitative estimate of drug-likeness (QED) is 0.760. The zero-order valence-electron chi connectivity index (χ0n) is 12.7. The first kappa shape index (κ1) is 14.6. The van der Waals surface area contributed by atoms with E-state index in [4.69, 9.17) is 5.73 Å². The number of amides is 1. The second-order valence-electron chi connectivity index (χ2n) is 5.72. The zero-order chi connectivity index (χ0) is 15.5. The van der Waals surface area contributed by atoms with Crippen molar-refractivity contribution >= 4 is 28.8 Å². The molecule has 0 unspecified atom stereocenters. The van der Waals surface area contributed by atoms with Gasteiger partial charge < -0.3 is 20.9 Å². The maximum absolute atomic E-state index is 10.9. The number of rotatable bonds is 5. The molecule has 1 aliphatic rings. The SMILES string of the molecule is Cn1cnc2c(NC3CCCCC3)nc(NCC(N)=O)nc21. The van der Waals surface area contributed by atoms with Crippen LogP contribution in [0.25, 0.3) is 11.2 Å². The van der Waals surface area contributed by atoms with Gasteiger partial charge in [0.2, 0.25) is 11.9 Å². The minimum atomic E-state index is -0.449. The summed E-state index contributed by atoms with van der Waals surface area (Å²) in [5.74, 6) is 0.646. The number of nitrogens with one attached hydrogen (secondary N) is 2. The van der Waals surface area contributed by atoms with E-state index in [1.54, 1.807) is 6.33 Å². The van der Waals surface area contributed by atoms with Crippen molar-refractivity contribution in [1.29, 1.82) is 0 Å². The Labute approximate surface area is 128 Å². The summed E-state index contributed by atoms with van der Waals surface area (Å²) in [5.41, 5.74) is 6.63. The van der Waals surface area contributed by atoms with Crippen molar-refractivity contribution < 1.29 is 4.79 Å². The molecule has 2 aromatic rings. The summed E-state index contributed by atoms with van der Waals surface area (Å²) in [6, 6.07) is 0.415. The molecule has 118 valence electrons. The van der Waals surface area contributed by atoms with Crippen LogP contribution >= 0.6 is 0 Å². The van der Waals surface area contributed by atoms with E-state index in [1.807, 2.05) is 11.6 Å². The smallest absolute Gasteiger partial charge is 0.236 e. The van der Waals surface area contributed by atoms with Gasteiger partial charge in [0, 0.05) is 13.1 Å². The number of carbonyl (C=O) groups is 1. The van der Waals surface area contributed by atoms with Gasteiger partial charge in [0.05, 0.1) is 12.9 Å². The average Bonchev–Trinajstić information content (AvgIpc) is 2.88. The number of primary amides is 1.